The molecule has 0 radical (unpaired) electrons. The van der Waals surface area contributed by atoms with Crippen LogP contribution < -0.4 is 5.73 Å². The van der Waals surface area contributed by atoms with Gasteiger partial charge in [0.1, 0.15) is 0 Å². The van der Waals surface area contributed by atoms with Gasteiger partial charge in [-0.1, -0.05) is 0 Å². The van der Waals surface area contributed by atoms with Crippen LogP contribution in [-0.2, 0) is 0 Å². The SMILES string of the molecule is CSc1ccc(C(=O)N2C3CCC2CC(N)C3)cc1. The molecule has 1 amide bonds. The minimum absolute atomic E-state index is 0.187. The lowest BCUT2D eigenvalue weighted by Crippen LogP contribution is -2.50. The van der Waals surface area contributed by atoms with Gasteiger partial charge in [0.25, 0.3) is 5.91 Å². The summed E-state index contributed by atoms with van der Waals surface area (Å²) in [6.07, 6.45) is 6.21. The maximum Gasteiger partial charge on any atom is 0.254 e. The highest BCUT2D eigenvalue weighted by atomic mass is 32.2. The van der Waals surface area contributed by atoms with Crippen molar-refractivity contribution in [3.05, 3.63) is 29.8 Å². The van der Waals surface area contributed by atoms with E-state index in [-0.39, 0.29) is 11.9 Å². The number of carbonyl (C=O) groups excluding carboxylic acids is 1. The normalized spacial score (nSPS) is 29.6. The molecule has 1 aromatic carbocycles. The van der Waals surface area contributed by atoms with Crippen molar-refractivity contribution in [1.29, 1.82) is 0 Å². The summed E-state index contributed by atoms with van der Waals surface area (Å²) in [6, 6.07) is 8.94. The van der Waals surface area contributed by atoms with Crippen molar-refractivity contribution >= 4 is 17.7 Å². The number of nitrogens with zero attached hydrogens (tertiary/aromatic N) is 1. The molecule has 19 heavy (non-hydrogen) atoms. The maximum absolute atomic E-state index is 12.6. The first-order valence-corrected chi connectivity index (χ1v) is 8.14. The third-order valence-corrected chi connectivity index (χ3v) is 5.08. The standard InChI is InChI=1S/C15H20N2OS/c1-19-14-6-2-10(3-7-14)15(18)17-12-4-5-13(17)9-11(16)8-12/h2-3,6-7,11-13H,4-5,8-9,16H2,1H3. The smallest absolute Gasteiger partial charge is 0.254 e. The summed E-state index contributed by atoms with van der Waals surface area (Å²) in [5, 5.41) is 0. The zero-order chi connectivity index (χ0) is 13.4. The van der Waals surface area contributed by atoms with Crippen molar-refractivity contribution in [2.45, 2.75) is 48.7 Å². The lowest BCUT2D eigenvalue weighted by molar-refractivity contribution is 0.0575. The number of amides is 1. The molecule has 3 rings (SSSR count). The van der Waals surface area contributed by atoms with Gasteiger partial charge in [0.2, 0.25) is 0 Å². The first-order chi connectivity index (χ1) is 9.19. The molecule has 2 heterocycles. The van der Waals surface area contributed by atoms with Crippen LogP contribution in [0, 0.1) is 0 Å². The van der Waals surface area contributed by atoms with Gasteiger partial charge in [0, 0.05) is 28.6 Å². The molecule has 2 aliphatic rings. The van der Waals surface area contributed by atoms with Crippen molar-refractivity contribution in [3.8, 4) is 0 Å². The number of nitrogens with two attached hydrogens (primary N) is 1. The first kappa shape index (κ1) is 13.0. The topological polar surface area (TPSA) is 46.3 Å². The molecule has 4 heteroatoms. The molecule has 102 valence electrons. The van der Waals surface area contributed by atoms with Crippen molar-refractivity contribution in [2.24, 2.45) is 5.73 Å². The van der Waals surface area contributed by atoms with Crippen LogP contribution in [-0.4, -0.2) is 35.2 Å². The molecular weight excluding hydrogens is 256 g/mol. The van der Waals surface area contributed by atoms with E-state index in [4.69, 9.17) is 5.73 Å². The van der Waals surface area contributed by atoms with Gasteiger partial charge in [-0.2, -0.15) is 0 Å². The molecule has 0 aliphatic carbocycles. The van der Waals surface area contributed by atoms with Gasteiger partial charge >= 0.3 is 0 Å². The average molecular weight is 276 g/mol. The van der Waals surface area contributed by atoms with Crippen LogP contribution in [0.4, 0.5) is 0 Å². The average Bonchev–Trinajstić information content (AvgIpc) is 2.70. The monoisotopic (exact) mass is 276 g/mol. The Balaban J connectivity index is 1.80. The number of fused-ring (bicyclic) bond motifs is 2. The molecule has 0 aromatic heterocycles. The summed E-state index contributed by atoms with van der Waals surface area (Å²) >= 11 is 1.70. The summed E-state index contributed by atoms with van der Waals surface area (Å²) in [7, 11) is 0. The Morgan fingerprint density at radius 2 is 1.79 bits per heavy atom. The zero-order valence-corrected chi connectivity index (χ0v) is 12.0. The molecule has 1 aromatic rings. The molecule has 2 atom stereocenters. The molecule has 3 nitrogen and oxygen atoms in total. The van der Waals surface area contributed by atoms with E-state index in [0.717, 1.165) is 31.2 Å². The largest absolute Gasteiger partial charge is 0.333 e. The Kier molecular flexibility index (Phi) is 3.54. The van der Waals surface area contributed by atoms with Crippen LogP contribution in [0.3, 0.4) is 0 Å². The molecule has 2 bridgehead atoms. The quantitative estimate of drug-likeness (QED) is 0.844. The minimum Gasteiger partial charge on any atom is -0.333 e. The maximum atomic E-state index is 12.6. The van der Waals surface area contributed by atoms with Crippen LogP contribution >= 0.6 is 11.8 Å². The van der Waals surface area contributed by atoms with Gasteiger partial charge < -0.3 is 10.6 Å². The van der Waals surface area contributed by atoms with Gasteiger partial charge in [-0.15, -0.1) is 11.8 Å². The van der Waals surface area contributed by atoms with Gasteiger partial charge in [0.15, 0.2) is 0 Å². The van der Waals surface area contributed by atoms with E-state index in [1.165, 1.54) is 4.90 Å². The summed E-state index contributed by atoms with van der Waals surface area (Å²) in [5.74, 6) is 0.187. The number of piperidine rings is 1. The Morgan fingerprint density at radius 1 is 1.21 bits per heavy atom. The summed E-state index contributed by atoms with van der Waals surface area (Å²) in [5.41, 5.74) is 6.86. The highest BCUT2D eigenvalue weighted by Gasteiger charge is 2.42. The van der Waals surface area contributed by atoms with Crippen molar-refractivity contribution in [1.82, 2.24) is 4.90 Å². The van der Waals surface area contributed by atoms with Crippen LogP contribution in [0.5, 0.6) is 0 Å². The van der Waals surface area contributed by atoms with Gasteiger partial charge in [0.05, 0.1) is 0 Å². The molecule has 2 fully saturated rings. The fraction of sp³-hybridized carbons (Fsp3) is 0.533. The van der Waals surface area contributed by atoms with Gasteiger partial charge in [-0.05, 0) is 56.2 Å². The Labute approximate surface area is 118 Å². The van der Waals surface area contributed by atoms with Crippen molar-refractivity contribution in [2.75, 3.05) is 6.26 Å². The summed E-state index contributed by atoms with van der Waals surface area (Å²) in [6.45, 7) is 0. The number of thioether (sulfide) groups is 1. The number of hydrogen-bond acceptors (Lipinski definition) is 3. The van der Waals surface area contributed by atoms with E-state index >= 15 is 0 Å². The van der Waals surface area contributed by atoms with Crippen LogP contribution in [0.15, 0.2) is 29.2 Å². The van der Waals surface area contributed by atoms with Crippen LogP contribution in [0.2, 0.25) is 0 Å². The Hall–Kier alpha value is -1.00. The second-order valence-corrected chi connectivity index (χ2v) is 6.44. The second-order valence-electron chi connectivity index (χ2n) is 5.56. The fourth-order valence-electron chi connectivity index (χ4n) is 3.43. The van der Waals surface area contributed by atoms with Gasteiger partial charge in [-0.25, -0.2) is 0 Å². The molecule has 2 unspecified atom stereocenters. The lowest BCUT2D eigenvalue weighted by Gasteiger charge is -2.37. The number of rotatable bonds is 2. The minimum atomic E-state index is 0.187. The number of carbonyl (C=O) groups is 1. The lowest BCUT2D eigenvalue weighted by atomic mass is 9.97. The van der Waals surface area contributed by atoms with E-state index in [9.17, 15) is 4.79 Å². The van der Waals surface area contributed by atoms with Crippen LogP contribution in [0.1, 0.15) is 36.0 Å². The van der Waals surface area contributed by atoms with Gasteiger partial charge in [-0.3, -0.25) is 4.79 Å². The zero-order valence-electron chi connectivity index (χ0n) is 11.2. The van der Waals surface area contributed by atoms with E-state index in [0.29, 0.717) is 12.1 Å². The third kappa shape index (κ3) is 2.39. The predicted octanol–water partition coefficient (Wildman–Crippen LogP) is 2.50. The van der Waals surface area contributed by atoms with E-state index in [1.807, 2.05) is 30.5 Å². The summed E-state index contributed by atoms with van der Waals surface area (Å²) in [4.78, 5) is 15.9. The van der Waals surface area contributed by atoms with Crippen molar-refractivity contribution < 1.29 is 4.79 Å². The van der Waals surface area contributed by atoms with E-state index in [1.54, 1.807) is 11.8 Å². The predicted molar refractivity (Wildman–Crippen MR) is 78.4 cm³/mol. The molecular formula is C15H20N2OS. The van der Waals surface area contributed by atoms with E-state index < -0.39 is 0 Å². The van der Waals surface area contributed by atoms with E-state index in [2.05, 4.69) is 4.90 Å². The number of hydrogen-bond donors (Lipinski definition) is 1. The highest BCUT2D eigenvalue weighted by molar-refractivity contribution is 7.98. The molecule has 2 aliphatic heterocycles. The number of benzene rings is 1. The molecule has 2 saturated heterocycles. The fourth-order valence-corrected chi connectivity index (χ4v) is 3.84. The molecule has 2 N–H and O–H groups in total. The Bertz CT molecular complexity index is 460. The Morgan fingerprint density at radius 3 is 2.32 bits per heavy atom. The van der Waals surface area contributed by atoms with Crippen LogP contribution in [0.25, 0.3) is 0 Å². The first-order valence-electron chi connectivity index (χ1n) is 6.91. The van der Waals surface area contributed by atoms with Crippen molar-refractivity contribution in [3.63, 3.8) is 0 Å². The summed E-state index contributed by atoms with van der Waals surface area (Å²) < 4.78 is 0. The molecule has 0 spiro atoms. The molecule has 0 saturated carbocycles. The second kappa shape index (κ2) is 5.17. The highest BCUT2D eigenvalue weighted by Crippen LogP contribution is 2.36. The third-order valence-electron chi connectivity index (χ3n) is 4.34.